The third-order valence-corrected chi connectivity index (χ3v) is 4.32. The van der Waals surface area contributed by atoms with Gasteiger partial charge in [-0.3, -0.25) is 4.98 Å². The molecular formula is C17H22N2. The van der Waals surface area contributed by atoms with E-state index in [4.69, 9.17) is 10.7 Å². The van der Waals surface area contributed by atoms with Crippen molar-refractivity contribution in [3.05, 3.63) is 35.5 Å². The lowest BCUT2D eigenvalue weighted by molar-refractivity contribution is 0.701. The number of benzene rings is 1. The molecule has 2 N–H and O–H groups in total. The van der Waals surface area contributed by atoms with Crippen LogP contribution < -0.4 is 5.73 Å². The molecule has 0 saturated heterocycles. The summed E-state index contributed by atoms with van der Waals surface area (Å²) in [5, 5.41) is 1.10. The minimum atomic E-state index is 0.481. The number of nitrogens with two attached hydrogens (primary N) is 1. The minimum absolute atomic E-state index is 0.481. The van der Waals surface area contributed by atoms with Crippen LogP contribution in [0.5, 0.6) is 0 Å². The summed E-state index contributed by atoms with van der Waals surface area (Å²) >= 11 is 0. The van der Waals surface area contributed by atoms with Crippen LogP contribution in [0.4, 0.5) is 5.69 Å². The number of nitrogens with zero attached hydrogens (tertiary/aromatic N) is 1. The highest BCUT2D eigenvalue weighted by atomic mass is 14.7. The van der Waals surface area contributed by atoms with Crippen LogP contribution in [-0.4, -0.2) is 4.98 Å². The maximum absolute atomic E-state index is 6.25. The van der Waals surface area contributed by atoms with Crippen LogP contribution in [0.3, 0.4) is 0 Å². The van der Waals surface area contributed by atoms with Gasteiger partial charge >= 0.3 is 0 Å². The molecule has 0 unspecified atom stereocenters. The normalized spacial score (nSPS) is 16.6. The van der Waals surface area contributed by atoms with Gasteiger partial charge in [0.2, 0.25) is 0 Å². The lowest BCUT2D eigenvalue weighted by Crippen LogP contribution is -2.02. The molecule has 0 amide bonds. The largest absolute Gasteiger partial charge is 0.398 e. The maximum Gasteiger partial charge on any atom is 0.0760 e. The average Bonchev–Trinajstić information content (AvgIpc) is 2.91. The number of para-hydroxylation sites is 1. The summed E-state index contributed by atoms with van der Waals surface area (Å²) in [6.07, 6.45) is 5.19. The highest BCUT2D eigenvalue weighted by Crippen LogP contribution is 2.36. The standard InChI is InChI=1S/C17H22N2/c1-11(2)13-8-5-9-14-15(18)10-16(19-17(13)14)12-6-3-4-7-12/h5,8-12H,3-4,6-7H2,1-2H3,(H2,18,19). The predicted octanol–water partition coefficient (Wildman–Crippen LogP) is 4.60. The first-order chi connectivity index (χ1) is 9.16. The molecule has 1 aliphatic carbocycles. The molecule has 0 aliphatic heterocycles. The van der Waals surface area contributed by atoms with E-state index in [2.05, 4.69) is 38.1 Å². The fourth-order valence-corrected chi connectivity index (χ4v) is 3.21. The molecule has 1 aromatic carbocycles. The van der Waals surface area contributed by atoms with Gasteiger partial charge in [-0.15, -0.1) is 0 Å². The number of fused-ring (bicyclic) bond motifs is 1. The topological polar surface area (TPSA) is 38.9 Å². The van der Waals surface area contributed by atoms with Crippen LogP contribution in [0, 0.1) is 0 Å². The molecule has 2 aromatic rings. The zero-order valence-corrected chi connectivity index (χ0v) is 11.8. The van der Waals surface area contributed by atoms with Crippen LogP contribution in [0.2, 0.25) is 0 Å². The van der Waals surface area contributed by atoms with E-state index in [-0.39, 0.29) is 0 Å². The number of aromatic nitrogens is 1. The molecule has 2 heteroatoms. The van der Waals surface area contributed by atoms with Crippen molar-refractivity contribution < 1.29 is 0 Å². The number of hydrogen-bond acceptors (Lipinski definition) is 2. The third-order valence-electron chi connectivity index (χ3n) is 4.32. The Hall–Kier alpha value is -1.57. The summed E-state index contributed by atoms with van der Waals surface area (Å²) in [5.74, 6) is 1.10. The average molecular weight is 254 g/mol. The van der Waals surface area contributed by atoms with Gasteiger partial charge < -0.3 is 5.73 Å². The zero-order chi connectivity index (χ0) is 13.4. The molecule has 19 heavy (non-hydrogen) atoms. The van der Waals surface area contributed by atoms with E-state index in [1.165, 1.54) is 36.9 Å². The Labute approximate surface area is 115 Å². The molecule has 1 heterocycles. The Kier molecular flexibility index (Phi) is 3.17. The Morgan fingerprint density at radius 3 is 2.63 bits per heavy atom. The van der Waals surface area contributed by atoms with E-state index in [9.17, 15) is 0 Å². The summed E-state index contributed by atoms with van der Waals surface area (Å²) in [7, 11) is 0. The van der Waals surface area contributed by atoms with Gasteiger partial charge in [-0.05, 0) is 30.4 Å². The van der Waals surface area contributed by atoms with Crippen LogP contribution in [0.15, 0.2) is 24.3 Å². The molecule has 0 radical (unpaired) electrons. The van der Waals surface area contributed by atoms with E-state index in [0.717, 1.165) is 16.6 Å². The molecular weight excluding hydrogens is 232 g/mol. The molecule has 1 aliphatic rings. The van der Waals surface area contributed by atoms with Crippen LogP contribution in [-0.2, 0) is 0 Å². The first kappa shape index (κ1) is 12.5. The van der Waals surface area contributed by atoms with E-state index in [1.807, 2.05) is 0 Å². The summed E-state index contributed by atoms with van der Waals surface area (Å²) < 4.78 is 0. The van der Waals surface area contributed by atoms with Crippen molar-refractivity contribution in [1.82, 2.24) is 4.98 Å². The molecule has 0 atom stereocenters. The van der Waals surface area contributed by atoms with Crippen LogP contribution in [0.1, 0.15) is 62.6 Å². The smallest absolute Gasteiger partial charge is 0.0760 e. The molecule has 1 aromatic heterocycles. The van der Waals surface area contributed by atoms with Crippen molar-refractivity contribution in [2.24, 2.45) is 0 Å². The van der Waals surface area contributed by atoms with Gasteiger partial charge in [0.05, 0.1) is 5.52 Å². The van der Waals surface area contributed by atoms with Crippen LogP contribution in [0.25, 0.3) is 10.9 Å². The predicted molar refractivity (Wildman–Crippen MR) is 81.5 cm³/mol. The number of rotatable bonds is 2. The fraction of sp³-hybridized carbons (Fsp3) is 0.471. The van der Waals surface area contributed by atoms with E-state index in [1.54, 1.807) is 0 Å². The lowest BCUT2D eigenvalue weighted by Gasteiger charge is -2.15. The molecule has 1 fully saturated rings. The minimum Gasteiger partial charge on any atom is -0.398 e. The molecule has 1 saturated carbocycles. The van der Waals surface area contributed by atoms with Gasteiger partial charge in [0, 0.05) is 22.7 Å². The number of nitrogen functional groups attached to an aromatic ring is 1. The Morgan fingerprint density at radius 2 is 1.95 bits per heavy atom. The highest BCUT2D eigenvalue weighted by molar-refractivity contribution is 5.92. The first-order valence-corrected chi connectivity index (χ1v) is 7.36. The Bertz CT molecular complexity index is 595. The number of pyridine rings is 1. The highest BCUT2D eigenvalue weighted by Gasteiger charge is 2.20. The zero-order valence-electron chi connectivity index (χ0n) is 11.8. The molecule has 2 nitrogen and oxygen atoms in total. The second-order valence-electron chi connectivity index (χ2n) is 6.02. The van der Waals surface area contributed by atoms with E-state index >= 15 is 0 Å². The molecule has 0 bridgehead atoms. The quantitative estimate of drug-likeness (QED) is 0.850. The van der Waals surface area contributed by atoms with Crippen molar-refractivity contribution in [3.63, 3.8) is 0 Å². The Balaban J connectivity index is 2.19. The van der Waals surface area contributed by atoms with Gasteiger partial charge in [-0.1, -0.05) is 44.9 Å². The number of hydrogen-bond donors (Lipinski definition) is 1. The van der Waals surface area contributed by atoms with Crippen molar-refractivity contribution in [3.8, 4) is 0 Å². The van der Waals surface area contributed by atoms with Crippen molar-refractivity contribution in [2.75, 3.05) is 5.73 Å². The Morgan fingerprint density at radius 1 is 1.21 bits per heavy atom. The van der Waals surface area contributed by atoms with Crippen molar-refractivity contribution >= 4 is 16.6 Å². The van der Waals surface area contributed by atoms with Gasteiger partial charge in [0.15, 0.2) is 0 Å². The molecule has 0 spiro atoms. The second-order valence-corrected chi connectivity index (χ2v) is 6.02. The summed E-state index contributed by atoms with van der Waals surface area (Å²) in [4.78, 5) is 4.96. The fourth-order valence-electron chi connectivity index (χ4n) is 3.21. The summed E-state index contributed by atoms with van der Waals surface area (Å²) in [6.45, 7) is 4.43. The van der Waals surface area contributed by atoms with Crippen LogP contribution >= 0.6 is 0 Å². The van der Waals surface area contributed by atoms with Gasteiger partial charge in [0.1, 0.15) is 0 Å². The van der Waals surface area contributed by atoms with Crippen molar-refractivity contribution in [1.29, 1.82) is 0 Å². The van der Waals surface area contributed by atoms with Gasteiger partial charge in [-0.2, -0.15) is 0 Å². The van der Waals surface area contributed by atoms with Gasteiger partial charge in [0.25, 0.3) is 0 Å². The monoisotopic (exact) mass is 254 g/mol. The second kappa shape index (κ2) is 4.84. The third kappa shape index (κ3) is 2.20. The van der Waals surface area contributed by atoms with Gasteiger partial charge in [-0.25, -0.2) is 0 Å². The lowest BCUT2D eigenvalue weighted by atomic mass is 9.96. The maximum atomic E-state index is 6.25. The SMILES string of the molecule is CC(C)c1cccc2c(N)cc(C3CCCC3)nc12. The van der Waals surface area contributed by atoms with Crippen molar-refractivity contribution in [2.45, 2.75) is 51.4 Å². The summed E-state index contributed by atoms with van der Waals surface area (Å²) in [5.41, 5.74) is 10.8. The first-order valence-electron chi connectivity index (χ1n) is 7.36. The van der Waals surface area contributed by atoms with E-state index in [0.29, 0.717) is 11.8 Å². The summed E-state index contributed by atoms with van der Waals surface area (Å²) in [6, 6.07) is 8.45. The van der Waals surface area contributed by atoms with E-state index < -0.39 is 0 Å². The molecule has 3 rings (SSSR count). The molecule has 100 valence electrons. The number of anilines is 1.